The van der Waals surface area contributed by atoms with E-state index in [1.54, 1.807) is 17.0 Å². The molecule has 7 heteroatoms. The van der Waals surface area contributed by atoms with Gasteiger partial charge in [-0.1, -0.05) is 30.8 Å². The highest BCUT2D eigenvalue weighted by Crippen LogP contribution is 2.34. The standard InChI is InChI=1S/C25H24N4O3/c1-3-28-24(31)20-11-17(7-9-22(20)26)16-5-4-15-6-8-18-21(19(15)10-16)13-29(25(18)32)12-14(2)23(27)30/h4-11H,2-3,12-13,26H2,1H3,(H2,27,30)(H,28,31). The first-order valence-corrected chi connectivity index (χ1v) is 10.3. The number of fused-ring (bicyclic) bond motifs is 3. The number of carbonyl (C=O) groups excluding carboxylic acids is 3. The maximum atomic E-state index is 12.8. The molecule has 0 atom stereocenters. The SMILES string of the molecule is C=C(CN1Cc2c(ccc3ccc(-c4ccc(N)c(C(=O)NCC)c4)cc23)C1=O)C(N)=O. The number of nitrogens with one attached hydrogen (secondary N) is 1. The van der Waals surface area contributed by atoms with E-state index < -0.39 is 5.91 Å². The van der Waals surface area contributed by atoms with Gasteiger partial charge in [-0.3, -0.25) is 14.4 Å². The van der Waals surface area contributed by atoms with E-state index in [9.17, 15) is 14.4 Å². The first-order valence-electron chi connectivity index (χ1n) is 10.3. The normalized spacial score (nSPS) is 12.7. The minimum Gasteiger partial charge on any atom is -0.398 e. The van der Waals surface area contributed by atoms with Gasteiger partial charge in [0.2, 0.25) is 5.91 Å². The van der Waals surface area contributed by atoms with Gasteiger partial charge >= 0.3 is 0 Å². The third-order valence-corrected chi connectivity index (χ3v) is 5.70. The van der Waals surface area contributed by atoms with E-state index in [0.29, 0.717) is 29.9 Å². The Kier molecular flexibility index (Phi) is 5.40. The van der Waals surface area contributed by atoms with Gasteiger partial charge < -0.3 is 21.7 Å². The molecule has 0 spiro atoms. The number of anilines is 1. The van der Waals surface area contributed by atoms with E-state index >= 15 is 0 Å². The van der Waals surface area contributed by atoms with Gasteiger partial charge in [-0.25, -0.2) is 0 Å². The summed E-state index contributed by atoms with van der Waals surface area (Å²) in [5.41, 5.74) is 15.6. The largest absolute Gasteiger partial charge is 0.398 e. The first-order chi connectivity index (χ1) is 15.3. The summed E-state index contributed by atoms with van der Waals surface area (Å²) in [6, 6.07) is 15.1. The number of nitrogen functional groups attached to an aromatic ring is 1. The molecule has 1 aliphatic rings. The highest BCUT2D eigenvalue weighted by Gasteiger charge is 2.29. The second-order valence-electron chi connectivity index (χ2n) is 7.82. The lowest BCUT2D eigenvalue weighted by molar-refractivity contribution is -0.114. The molecule has 162 valence electrons. The Morgan fingerprint density at radius 2 is 1.78 bits per heavy atom. The molecule has 0 unspecified atom stereocenters. The van der Waals surface area contributed by atoms with Crippen molar-refractivity contribution >= 4 is 34.2 Å². The minimum atomic E-state index is -0.618. The van der Waals surface area contributed by atoms with Crippen molar-refractivity contribution in [1.82, 2.24) is 10.2 Å². The average Bonchev–Trinajstić information content (AvgIpc) is 3.09. The van der Waals surface area contributed by atoms with Crippen LogP contribution < -0.4 is 16.8 Å². The quantitative estimate of drug-likeness (QED) is 0.413. The highest BCUT2D eigenvalue weighted by atomic mass is 16.2. The molecule has 1 heterocycles. The number of amides is 3. The number of benzene rings is 3. The molecule has 0 bridgehead atoms. The summed E-state index contributed by atoms with van der Waals surface area (Å²) in [7, 11) is 0. The Bertz CT molecular complexity index is 1300. The molecular weight excluding hydrogens is 404 g/mol. The van der Waals surface area contributed by atoms with E-state index in [0.717, 1.165) is 27.5 Å². The number of hydrogen-bond donors (Lipinski definition) is 3. The summed E-state index contributed by atoms with van der Waals surface area (Å²) in [5, 5.41) is 4.71. The van der Waals surface area contributed by atoms with Crippen LogP contribution in [-0.2, 0) is 11.3 Å². The van der Waals surface area contributed by atoms with Gasteiger partial charge in [0.05, 0.1) is 12.1 Å². The van der Waals surface area contributed by atoms with E-state index in [4.69, 9.17) is 11.5 Å². The van der Waals surface area contributed by atoms with E-state index in [2.05, 4.69) is 11.9 Å². The van der Waals surface area contributed by atoms with Crippen LogP contribution in [0.3, 0.4) is 0 Å². The average molecular weight is 428 g/mol. The third kappa shape index (κ3) is 3.69. The third-order valence-electron chi connectivity index (χ3n) is 5.70. The topological polar surface area (TPSA) is 119 Å². The maximum Gasteiger partial charge on any atom is 0.254 e. The van der Waals surface area contributed by atoms with Crippen LogP contribution in [0.1, 0.15) is 33.2 Å². The van der Waals surface area contributed by atoms with Gasteiger partial charge in [-0.2, -0.15) is 0 Å². The van der Waals surface area contributed by atoms with Gasteiger partial charge in [0.25, 0.3) is 11.8 Å². The van der Waals surface area contributed by atoms with Crippen LogP contribution in [0.4, 0.5) is 5.69 Å². The van der Waals surface area contributed by atoms with Crippen LogP contribution in [0.5, 0.6) is 0 Å². The van der Waals surface area contributed by atoms with E-state index in [-0.39, 0.29) is 23.9 Å². The Morgan fingerprint density at radius 1 is 1.09 bits per heavy atom. The van der Waals surface area contributed by atoms with Crippen molar-refractivity contribution in [3.05, 3.63) is 77.4 Å². The summed E-state index contributed by atoms with van der Waals surface area (Å²) >= 11 is 0. The second-order valence-corrected chi connectivity index (χ2v) is 7.82. The van der Waals surface area contributed by atoms with Crippen LogP contribution >= 0.6 is 0 Å². The minimum absolute atomic E-state index is 0.0951. The predicted octanol–water partition coefficient (Wildman–Crippen LogP) is 2.84. The Morgan fingerprint density at radius 3 is 2.50 bits per heavy atom. The first kappa shape index (κ1) is 21.1. The molecule has 1 aliphatic heterocycles. The van der Waals surface area contributed by atoms with Gasteiger partial charge in [0, 0.05) is 29.9 Å². The molecule has 32 heavy (non-hydrogen) atoms. The molecule has 0 aliphatic carbocycles. The zero-order valence-electron chi connectivity index (χ0n) is 17.8. The smallest absolute Gasteiger partial charge is 0.254 e. The summed E-state index contributed by atoms with van der Waals surface area (Å²) < 4.78 is 0. The Balaban J connectivity index is 1.75. The Labute approximate surface area is 185 Å². The molecule has 0 saturated heterocycles. The summed E-state index contributed by atoms with van der Waals surface area (Å²) in [6.45, 7) is 6.49. The fourth-order valence-corrected chi connectivity index (χ4v) is 3.99. The molecule has 4 rings (SSSR count). The van der Waals surface area contributed by atoms with Gasteiger partial charge in [-0.05, 0) is 58.7 Å². The van der Waals surface area contributed by atoms with Crippen molar-refractivity contribution in [3.63, 3.8) is 0 Å². The lowest BCUT2D eigenvalue weighted by Gasteiger charge is -2.15. The monoisotopic (exact) mass is 428 g/mol. The molecule has 0 saturated carbocycles. The van der Waals surface area contributed by atoms with Gasteiger partial charge in [0.15, 0.2) is 0 Å². The number of carbonyl (C=O) groups is 3. The summed E-state index contributed by atoms with van der Waals surface area (Å²) in [6.07, 6.45) is 0. The molecule has 7 nitrogen and oxygen atoms in total. The molecule has 5 N–H and O–H groups in total. The fraction of sp³-hybridized carbons (Fsp3) is 0.160. The number of rotatable bonds is 6. The van der Waals surface area contributed by atoms with Crippen LogP contribution in [0.2, 0.25) is 0 Å². The zero-order chi connectivity index (χ0) is 23.0. The van der Waals surface area contributed by atoms with Crippen LogP contribution in [0, 0.1) is 0 Å². The van der Waals surface area contributed by atoms with Crippen molar-refractivity contribution in [1.29, 1.82) is 0 Å². The molecule has 0 aromatic heterocycles. The number of nitrogens with two attached hydrogens (primary N) is 2. The van der Waals surface area contributed by atoms with Gasteiger partial charge in [-0.15, -0.1) is 0 Å². The van der Waals surface area contributed by atoms with Crippen molar-refractivity contribution in [2.45, 2.75) is 13.5 Å². The lowest BCUT2D eigenvalue weighted by atomic mass is 9.95. The molecule has 3 amide bonds. The van der Waals surface area contributed by atoms with Crippen molar-refractivity contribution in [2.24, 2.45) is 5.73 Å². The van der Waals surface area contributed by atoms with Crippen LogP contribution in [-0.4, -0.2) is 35.7 Å². The molecule has 3 aromatic carbocycles. The highest BCUT2D eigenvalue weighted by molar-refractivity contribution is 6.06. The van der Waals surface area contributed by atoms with E-state index in [1.165, 1.54) is 0 Å². The molecule has 3 aromatic rings. The van der Waals surface area contributed by atoms with Gasteiger partial charge in [0.1, 0.15) is 0 Å². The number of nitrogens with zero attached hydrogens (tertiary/aromatic N) is 1. The Hall–Kier alpha value is -4.13. The maximum absolute atomic E-state index is 12.8. The van der Waals surface area contributed by atoms with Crippen molar-refractivity contribution in [3.8, 4) is 11.1 Å². The van der Waals surface area contributed by atoms with Crippen molar-refractivity contribution in [2.75, 3.05) is 18.8 Å². The summed E-state index contributed by atoms with van der Waals surface area (Å²) in [5.74, 6) is -0.989. The van der Waals surface area contributed by atoms with E-state index in [1.807, 2.05) is 43.3 Å². The fourth-order valence-electron chi connectivity index (χ4n) is 3.99. The lowest BCUT2D eigenvalue weighted by Crippen LogP contribution is -2.30. The second kappa shape index (κ2) is 8.19. The number of primary amides is 1. The number of hydrogen-bond acceptors (Lipinski definition) is 4. The molecule has 0 radical (unpaired) electrons. The molecular formula is C25H24N4O3. The molecule has 0 fully saturated rings. The predicted molar refractivity (Wildman–Crippen MR) is 125 cm³/mol. The van der Waals surface area contributed by atoms with Crippen LogP contribution in [0.15, 0.2) is 60.7 Å². The van der Waals surface area contributed by atoms with Crippen molar-refractivity contribution < 1.29 is 14.4 Å². The van der Waals surface area contributed by atoms with Crippen LogP contribution in [0.25, 0.3) is 21.9 Å². The summed E-state index contributed by atoms with van der Waals surface area (Å²) in [4.78, 5) is 38.1. The zero-order valence-corrected chi connectivity index (χ0v) is 17.8.